The lowest BCUT2D eigenvalue weighted by Crippen LogP contribution is -1.95. The van der Waals surface area contributed by atoms with Crippen LogP contribution in [0.4, 0.5) is 0 Å². The van der Waals surface area contributed by atoms with Crippen LogP contribution in [0.15, 0.2) is 6.20 Å². The molecule has 0 N–H and O–H groups in total. The second kappa shape index (κ2) is 6.32. The Morgan fingerprint density at radius 2 is 2.19 bits per heavy atom. The van der Waals surface area contributed by atoms with Gasteiger partial charge in [0.1, 0.15) is 6.07 Å². The van der Waals surface area contributed by atoms with Gasteiger partial charge in [-0.05, 0) is 19.3 Å². The Balaban J connectivity index is 2.70. The van der Waals surface area contributed by atoms with E-state index in [1.54, 1.807) is 0 Å². The van der Waals surface area contributed by atoms with Gasteiger partial charge >= 0.3 is 0 Å². The fourth-order valence-corrected chi connectivity index (χ4v) is 1.90. The molecule has 0 saturated carbocycles. The van der Waals surface area contributed by atoms with Gasteiger partial charge in [0, 0.05) is 18.3 Å². The van der Waals surface area contributed by atoms with E-state index in [9.17, 15) is 0 Å². The minimum absolute atomic E-state index is 0.446. The van der Waals surface area contributed by atoms with Gasteiger partial charge in [-0.1, -0.05) is 33.1 Å². The van der Waals surface area contributed by atoms with Gasteiger partial charge in [0.25, 0.3) is 0 Å². The molecule has 16 heavy (non-hydrogen) atoms. The van der Waals surface area contributed by atoms with Gasteiger partial charge in [0.15, 0.2) is 5.69 Å². The lowest BCUT2D eigenvalue weighted by molar-refractivity contribution is 0.596. The van der Waals surface area contributed by atoms with E-state index in [4.69, 9.17) is 5.26 Å². The molecule has 3 nitrogen and oxygen atoms in total. The van der Waals surface area contributed by atoms with Crippen LogP contribution >= 0.6 is 0 Å². The van der Waals surface area contributed by atoms with Crippen molar-refractivity contribution in [3.05, 3.63) is 17.5 Å². The predicted octanol–water partition coefficient (Wildman–Crippen LogP) is 3.46. The summed E-state index contributed by atoms with van der Waals surface area (Å²) in [6.07, 6.45) is 6.92. The molecular formula is C13H21N3. The van der Waals surface area contributed by atoms with Crippen molar-refractivity contribution in [3.63, 3.8) is 0 Å². The topological polar surface area (TPSA) is 41.6 Å². The summed E-state index contributed by atoms with van der Waals surface area (Å²) in [4.78, 5) is 0. The largest absolute Gasteiger partial charge is 0.271 e. The van der Waals surface area contributed by atoms with Crippen molar-refractivity contribution in [2.45, 2.75) is 58.9 Å². The Morgan fingerprint density at radius 3 is 2.75 bits per heavy atom. The molecule has 88 valence electrons. The molecular weight excluding hydrogens is 198 g/mol. The van der Waals surface area contributed by atoms with Gasteiger partial charge in [-0.2, -0.15) is 10.4 Å². The molecule has 0 radical (unpaired) electrons. The highest BCUT2D eigenvalue weighted by molar-refractivity contribution is 5.31. The Bertz CT molecular complexity index is 360. The second-order valence-corrected chi connectivity index (χ2v) is 4.30. The molecule has 0 aliphatic carbocycles. The number of nitrogens with zero attached hydrogens (tertiary/aromatic N) is 3. The van der Waals surface area contributed by atoms with E-state index in [-0.39, 0.29) is 0 Å². The number of hydrogen-bond donors (Lipinski definition) is 0. The molecule has 1 rings (SSSR count). The maximum Gasteiger partial charge on any atom is 0.165 e. The summed E-state index contributed by atoms with van der Waals surface area (Å²) >= 11 is 0. The summed E-state index contributed by atoms with van der Waals surface area (Å²) < 4.78 is 1.85. The zero-order valence-electron chi connectivity index (χ0n) is 10.5. The molecule has 0 saturated heterocycles. The first-order chi connectivity index (χ1) is 7.72. The average molecular weight is 219 g/mol. The highest BCUT2D eigenvalue weighted by atomic mass is 15.3. The summed E-state index contributed by atoms with van der Waals surface area (Å²) in [5.74, 6) is 0.446. The number of unbranched alkanes of at least 4 members (excludes halogenated alkanes) is 2. The van der Waals surface area contributed by atoms with Crippen LogP contribution in [0.2, 0.25) is 0 Å². The molecule has 1 heterocycles. The van der Waals surface area contributed by atoms with Crippen LogP contribution in [0.25, 0.3) is 0 Å². The van der Waals surface area contributed by atoms with Gasteiger partial charge in [-0.15, -0.1) is 0 Å². The minimum Gasteiger partial charge on any atom is -0.271 e. The van der Waals surface area contributed by atoms with Crippen molar-refractivity contribution < 1.29 is 0 Å². The molecule has 1 unspecified atom stereocenters. The van der Waals surface area contributed by atoms with Gasteiger partial charge in [-0.3, -0.25) is 4.68 Å². The van der Waals surface area contributed by atoms with Crippen LogP contribution in [-0.4, -0.2) is 9.78 Å². The first kappa shape index (κ1) is 12.8. The Kier molecular flexibility index (Phi) is 5.04. The van der Waals surface area contributed by atoms with E-state index in [1.807, 2.05) is 17.8 Å². The minimum atomic E-state index is 0.446. The molecule has 0 spiro atoms. The average Bonchev–Trinajstić information content (AvgIpc) is 2.72. The van der Waals surface area contributed by atoms with Gasteiger partial charge in [0.05, 0.1) is 0 Å². The first-order valence-electron chi connectivity index (χ1n) is 6.20. The lowest BCUT2D eigenvalue weighted by Gasteiger charge is -2.08. The summed E-state index contributed by atoms with van der Waals surface area (Å²) in [5.41, 5.74) is 1.71. The van der Waals surface area contributed by atoms with Crippen molar-refractivity contribution in [2.75, 3.05) is 0 Å². The quantitative estimate of drug-likeness (QED) is 0.687. The smallest absolute Gasteiger partial charge is 0.165 e. The van der Waals surface area contributed by atoms with E-state index < -0.39 is 0 Å². The first-order valence-corrected chi connectivity index (χ1v) is 6.20. The van der Waals surface area contributed by atoms with Crippen molar-refractivity contribution in [1.82, 2.24) is 9.78 Å². The third-order valence-corrected chi connectivity index (χ3v) is 2.99. The van der Waals surface area contributed by atoms with E-state index in [0.29, 0.717) is 11.6 Å². The number of aryl methyl sites for hydroxylation is 1. The van der Waals surface area contributed by atoms with Crippen molar-refractivity contribution in [1.29, 1.82) is 5.26 Å². The van der Waals surface area contributed by atoms with E-state index in [1.165, 1.54) is 19.3 Å². The maximum atomic E-state index is 9.02. The highest BCUT2D eigenvalue weighted by Crippen LogP contribution is 2.24. The molecule has 0 fully saturated rings. The van der Waals surface area contributed by atoms with E-state index >= 15 is 0 Å². The zero-order chi connectivity index (χ0) is 12.0. The maximum absolute atomic E-state index is 9.02. The summed E-state index contributed by atoms with van der Waals surface area (Å²) in [5, 5.41) is 13.3. The van der Waals surface area contributed by atoms with E-state index in [0.717, 1.165) is 18.5 Å². The molecule has 3 heteroatoms. The molecule has 1 aromatic rings. The van der Waals surface area contributed by atoms with Crippen LogP contribution < -0.4 is 0 Å². The fourth-order valence-electron chi connectivity index (χ4n) is 1.90. The number of nitriles is 1. The number of hydrogen-bond acceptors (Lipinski definition) is 2. The monoisotopic (exact) mass is 219 g/mol. The fraction of sp³-hybridized carbons (Fsp3) is 0.692. The van der Waals surface area contributed by atoms with Crippen LogP contribution in [-0.2, 0) is 6.54 Å². The van der Waals surface area contributed by atoms with Crippen LogP contribution in [0.3, 0.4) is 0 Å². The lowest BCUT2D eigenvalue weighted by atomic mass is 9.96. The third-order valence-electron chi connectivity index (χ3n) is 2.99. The van der Waals surface area contributed by atoms with Crippen molar-refractivity contribution in [3.8, 4) is 6.07 Å². The predicted molar refractivity (Wildman–Crippen MR) is 65.2 cm³/mol. The standard InChI is InChI=1S/C13H21N3/c1-4-6-7-8-11(3)12-10-16(5-2)15-13(12)9-14/h10-11H,4-8H2,1-3H3. The Hall–Kier alpha value is -1.30. The summed E-state index contributed by atoms with van der Waals surface area (Å²) in [7, 11) is 0. The normalized spacial score (nSPS) is 12.4. The SMILES string of the molecule is CCCCCC(C)c1cn(CC)nc1C#N. The summed E-state index contributed by atoms with van der Waals surface area (Å²) in [6, 6.07) is 2.19. The van der Waals surface area contributed by atoms with Crippen molar-refractivity contribution in [2.24, 2.45) is 0 Å². The molecule has 0 bridgehead atoms. The Morgan fingerprint density at radius 1 is 1.44 bits per heavy atom. The molecule has 0 aromatic carbocycles. The van der Waals surface area contributed by atoms with Crippen LogP contribution in [0.5, 0.6) is 0 Å². The van der Waals surface area contributed by atoms with E-state index in [2.05, 4.69) is 25.0 Å². The Labute approximate surface area is 98.1 Å². The number of rotatable bonds is 6. The molecule has 0 amide bonds. The number of aromatic nitrogens is 2. The van der Waals surface area contributed by atoms with Gasteiger partial charge in [0.2, 0.25) is 0 Å². The zero-order valence-corrected chi connectivity index (χ0v) is 10.5. The highest BCUT2D eigenvalue weighted by Gasteiger charge is 2.14. The van der Waals surface area contributed by atoms with Crippen LogP contribution in [0, 0.1) is 11.3 Å². The molecule has 1 atom stereocenters. The van der Waals surface area contributed by atoms with Gasteiger partial charge in [-0.25, -0.2) is 0 Å². The molecule has 0 aliphatic rings. The van der Waals surface area contributed by atoms with Gasteiger partial charge < -0.3 is 0 Å². The second-order valence-electron chi connectivity index (χ2n) is 4.30. The van der Waals surface area contributed by atoms with Crippen LogP contribution in [0.1, 0.15) is 63.6 Å². The van der Waals surface area contributed by atoms with Crippen molar-refractivity contribution >= 4 is 0 Å². The molecule has 1 aromatic heterocycles. The third kappa shape index (κ3) is 3.10. The molecule has 0 aliphatic heterocycles. The summed E-state index contributed by atoms with van der Waals surface area (Å²) in [6.45, 7) is 7.27.